The van der Waals surface area contributed by atoms with Crippen LogP contribution in [0.1, 0.15) is 12.2 Å². The zero-order chi connectivity index (χ0) is 10.6. The SMILES string of the molecule is CN(C)C(=O)CCn1ccnc1CN. The molecule has 0 aromatic carbocycles. The summed E-state index contributed by atoms with van der Waals surface area (Å²) in [5.74, 6) is 0.929. The summed E-state index contributed by atoms with van der Waals surface area (Å²) in [6.07, 6.45) is 4.02. The van der Waals surface area contributed by atoms with Crippen LogP contribution in [0.15, 0.2) is 12.4 Å². The molecule has 0 spiro atoms. The van der Waals surface area contributed by atoms with E-state index in [0.29, 0.717) is 19.5 Å². The average molecular weight is 196 g/mol. The van der Waals surface area contributed by atoms with Crippen LogP contribution in [0.4, 0.5) is 0 Å². The molecule has 0 fully saturated rings. The number of carbonyl (C=O) groups is 1. The first-order valence-electron chi connectivity index (χ1n) is 4.55. The lowest BCUT2D eigenvalue weighted by Crippen LogP contribution is -2.23. The molecule has 2 N–H and O–H groups in total. The lowest BCUT2D eigenvalue weighted by Gasteiger charge is -2.11. The highest BCUT2D eigenvalue weighted by Gasteiger charge is 2.05. The average Bonchev–Trinajstić information content (AvgIpc) is 2.60. The fourth-order valence-corrected chi connectivity index (χ4v) is 1.17. The van der Waals surface area contributed by atoms with Crippen molar-refractivity contribution in [2.75, 3.05) is 14.1 Å². The number of amides is 1. The summed E-state index contributed by atoms with van der Waals surface area (Å²) in [6, 6.07) is 0. The minimum atomic E-state index is 0.113. The summed E-state index contributed by atoms with van der Waals surface area (Å²) < 4.78 is 1.90. The van der Waals surface area contributed by atoms with Crippen molar-refractivity contribution in [3.8, 4) is 0 Å². The minimum Gasteiger partial charge on any atom is -0.349 e. The highest BCUT2D eigenvalue weighted by molar-refractivity contribution is 5.75. The lowest BCUT2D eigenvalue weighted by atomic mass is 10.3. The van der Waals surface area contributed by atoms with Gasteiger partial charge < -0.3 is 15.2 Å². The Hall–Kier alpha value is -1.36. The largest absolute Gasteiger partial charge is 0.349 e. The number of rotatable bonds is 4. The molecule has 5 nitrogen and oxygen atoms in total. The Balaban J connectivity index is 2.49. The molecule has 0 aliphatic heterocycles. The Bertz CT molecular complexity index is 306. The number of aryl methyl sites for hydroxylation is 1. The van der Waals surface area contributed by atoms with Crippen molar-refractivity contribution < 1.29 is 4.79 Å². The second-order valence-electron chi connectivity index (χ2n) is 3.28. The van der Waals surface area contributed by atoms with Gasteiger partial charge in [-0.3, -0.25) is 4.79 Å². The van der Waals surface area contributed by atoms with Gasteiger partial charge in [0.25, 0.3) is 0 Å². The molecule has 1 heterocycles. The third kappa shape index (κ3) is 2.56. The van der Waals surface area contributed by atoms with Crippen molar-refractivity contribution in [2.45, 2.75) is 19.5 Å². The lowest BCUT2D eigenvalue weighted by molar-refractivity contribution is -0.128. The molecule has 14 heavy (non-hydrogen) atoms. The van der Waals surface area contributed by atoms with Crippen LogP contribution in [-0.4, -0.2) is 34.5 Å². The number of carbonyl (C=O) groups excluding carboxylic acids is 1. The first-order chi connectivity index (χ1) is 6.65. The normalized spacial score (nSPS) is 10.2. The molecule has 1 amide bonds. The third-order valence-corrected chi connectivity index (χ3v) is 2.05. The molecular formula is C9H16N4O. The number of nitrogens with two attached hydrogens (primary N) is 1. The quantitative estimate of drug-likeness (QED) is 0.726. The summed E-state index contributed by atoms with van der Waals surface area (Å²) >= 11 is 0. The second kappa shape index (κ2) is 4.76. The number of nitrogens with zero attached hydrogens (tertiary/aromatic N) is 3. The van der Waals surface area contributed by atoms with Crippen LogP contribution in [-0.2, 0) is 17.9 Å². The van der Waals surface area contributed by atoms with Gasteiger partial charge in [0.05, 0.1) is 6.54 Å². The van der Waals surface area contributed by atoms with E-state index in [-0.39, 0.29) is 5.91 Å². The smallest absolute Gasteiger partial charge is 0.223 e. The molecule has 0 unspecified atom stereocenters. The van der Waals surface area contributed by atoms with E-state index in [0.717, 1.165) is 5.82 Å². The van der Waals surface area contributed by atoms with Gasteiger partial charge in [-0.1, -0.05) is 0 Å². The molecule has 0 atom stereocenters. The van der Waals surface area contributed by atoms with E-state index in [9.17, 15) is 4.79 Å². The summed E-state index contributed by atoms with van der Waals surface area (Å²) in [5.41, 5.74) is 5.48. The molecule has 0 aliphatic rings. The molecule has 1 rings (SSSR count). The number of hydrogen-bond acceptors (Lipinski definition) is 3. The van der Waals surface area contributed by atoms with Gasteiger partial charge in [-0.05, 0) is 0 Å². The number of aromatic nitrogens is 2. The maximum absolute atomic E-state index is 11.3. The summed E-state index contributed by atoms with van der Waals surface area (Å²) in [4.78, 5) is 17.0. The van der Waals surface area contributed by atoms with E-state index in [1.807, 2.05) is 10.8 Å². The fraction of sp³-hybridized carbons (Fsp3) is 0.556. The molecule has 1 aromatic rings. The molecule has 78 valence electrons. The molecule has 0 aliphatic carbocycles. The van der Waals surface area contributed by atoms with Gasteiger partial charge in [0.1, 0.15) is 5.82 Å². The topological polar surface area (TPSA) is 64.2 Å². The van der Waals surface area contributed by atoms with Crippen LogP contribution in [0.5, 0.6) is 0 Å². The van der Waals surface area contributed by atoms with Crippen LogP contribution in [0, 0.1) is 0 Å². The molecule has 0 saturated carbocycles. The van der Waals surface area contributed by atoms with Crippen LogP contribution in [0.3, 0.4) is 0 Å². The van der Waals surface area contributed by atoms with Crippen molar-refractivity contribution >= 4 is 5.91 Å². The van der Waals surface area contributed by atoms with Crippen LogP contribution in [0.2, 0.25) is 0 Å². The van der Waals surface area contributed by atoms with Gasteiger partial charge in [-0.2, -0.15) is 0 Å². The van der Waals surface area contributed by atoms with Crippen molar-refractivity contribution in [3.63, 3.8) is 0 Å². The Morgan fingerprint density at radius 2 is 2.36 bits per heavy atom. The van der Waals surface area contributed by atoms with Gasteiger partial charge in [-0.25, -0.2) is 4.98 Å². The molecule has 0 saturated heterocycles. The Labute approximate surface area is 83.5 Å². The van der Waals surface area contributed by atoms with Gasteiger partial charge >= 0.3 is 0 Å². The van der Waals surface area contributed by atoms with Crippen LogP contribution in [0.25, 0.3) is 0 Å². The minimum absolute atomic E-state index is 0.113. The van der Waals surface area contributed by atoms with E-state index >= 15 is 0 Å². The highest BCUT2D eigenvalue weighted by Crippen LogP contribution is 1.99. The molecular weight excluding hydrogens is 180 g/mol. The zero-order valence-corrected chi connectivity index (χ0v) is 8.60. The summed E-state index contributed by atoms with van der Waals surface area (Å²) in [5, 5.41) is 0. The van der Waals surface area contributed by atoms with Crippen molar-refractivity contribution in [1.82, 2.24) is 14.5 Å². The first-order valence-corrected chi connectivity index (χ1v) is 4.55. The number of hydrogen-bond donors (Lipinski definition) is 1. The van der Waals surface area contributed by atoms with Gasteiger partial charge in [0.2, 0.25) is 5.91 Å². The van der Waals surface area contributed by atoms with Crippen LogP contribution >= 0.6 is 0 Å². The maximum atomic E-state index is 11.3. The molecule has 1 aromatic heterocycles. The van der Waals surface area contributed by atoms with Gasteiger partial charge in [-0.15, -0.1) is 0 Å². The monoisotopic (exact) mass is 196 g/mol. The highest BCUT2D eigenvalue weighted by atomic mass is 16.2. The van der Waals surface area contributed by atoms with Crippen molar-refractivity contribution in [2.24, 2.45) is 5.73 Å². The van der Waals surface area contributed by atoms with E-state index in [4.69, 9.17) is 5.73 Å². The Morgan fingerprint density at radius 3 is 2.93 bits per heavy atom. The first kappa shape index (κ1) is 10.7. The molecule has 0 bridgehead atoms. The maximum Gasteiger partial charge on any atom is 0.223 e. The zero-order valence-electron chi connectivity index (χ0n) is 8.60. The van der Waals surface area contributed by atoms with Gasteiger partial charge in [0.15, 0.2) is 0 Å². The van der Waals surface area contributed by atoms with E-state index in [2.05, 4.69) is 4.98 Å². The Morgan fingerprint density at radius 1 is 1.64 bits per heavy atom. The van der Waals surface area contributed by atoms with E-state index in [1.54, 1.807) is 25.2 Å². The number of imidazole rings is 1. The predicted molar refractivity (Wildman–Crippen MR) is 53.4 cm³/mol. The van der Waals surface area contributed by atoms with Crippen molar-refractivity contribution in [1.29, 1.82) is 0 Å². The summed E-state index contributed by atoms with van der Waals surface area (Å²) in [7, 11) is 3.50. The standard InChI is InChI=1S/C9H16N4O/c1-12(2)9(14)3-5-13-6-4-11-8(13)7-10/h4,6H,3,5,7,10H2,1-2H3. The molecule has 0 radical (unpaired) electrons. The second-order valence-corrected chi connectivity index (χ2v) is 3.28. The van der Waals surface area contributed by atoms with E-state index < -0.39 is 0 Å². The van der Waals surface area contributed by atoms with Crippen molar-refractivity contribution in [3.05, 3.63) is 18.2 Å². The third-order valence-electron chi connectivity index (χ3n) is 2.05. The van der Waals surface area contributed by atoms with Gasteiger partial charge in [0, 0.05) is 39.5 Å². The Kier molecular flexibility index (Phi) is 3.64. The predicted octanol–water partition coefficient (Wildman–Crippen LogP) is -0.180. The van der Waals surface area contributed by atoms with Crippen LogP contribution < -0.4 is 5.73 Å². The molecule has 5 heteroatoms. The fourth-order valence-electron chi connectivity index (χ4n) is 1.17. The summed E-state index contributed by atoms with van der Waals surface area (Å²) in [6.45, 7) is 1.05. The van der Waals surface area contributed by atoms with E-state index in [1.165, 1.54) is 0 Å².